The Hall–Kier alpha value is -2.17. The highest BCUT2D eigenvalue weighted by Crippen LogP contribution is 2.26. The number of methoxy groups -OCH3 is 1. The van der Waals surface area contributed by atoms with E-state index >= 15 is 0 Å². The molecular formula is C21H20ClNO2S. The number of carbonyl (C=O) groups is 1. The van der Waals surface area contributed by atoms with Crippen LogP contribution in [0.2, 0.25) is 5.02 Å². The van der Waals surface area contributed by atoms with Gasteiger partial charge in [0.25, 0.3) is 5.91 Å². The molecule has 3 rings (SSSR count). The van der Waals surface area contributed by atoms with Gasteiger partial charge in [-0.2, -0.15) is 11.8 Å². The van der Waals surface area contributed by atoms with Crippen molar-refractivity contribution in [3.8, 4) is 5.75 Å². The lowest BCUT2D eigenvalue weighted by Gasteiger charge is -2.11. The fourth-order valence-corrected chi connectivity index (χ4v) is 3.61. The molecular weight excluding hydrogens is 366 g/mol. The van der Waals surface area contributed by atoms with Crippen molar-refractivity contribution >= 4 is 40.0 Å². The third-order valence-corrected chi connectivity index (χ3v) is 5.31. The second-order valence-electron chi connectivity index (χ2n) is 5.83. The Morgan fingerprint density at radius 3 is 2.46 bits per heavy atom. The van der Waals surface area contributed by atoms with E-state index in [0.29, 0.717) is 17.9 Å². The SMILES string of the molecule is COc1cc2ccccc2cc1C(=O)NCCSCc1ccc(Cl)cc1. The number of hydrogen-bond acceptors (Lipinski definition) is 3. The Balaban J connectivity index is 1.54. The Bertz CT molecular complexity index is 896. The van der Waals surface area contributed by atoms with E-state index in [9.17, 15) is 4.79 Å². The van der Waals surface area contributed by atoms with Crippen molar-refractivity contribution in [3.05, 3.63) is 76.8 Å². The van der Waals surface area contributed by atoms with Gasteiger partial charge in [0.2, 0.25) is 0 Å². The first-order valence-corrected chi connectivity index (χ1v) is 9.88. The summed E-state index contributed by atoms with van der Waals surface area (Å²) in [5.74, 6) is 2.21. The summed E-state index contributed by atoms with van der Waals surface area (Å²) in [6.45, 7) is 0.604. The number of carbonyl (C=O) groups excluding carboxylic acids is 1. The average molecular weight is 386 g/mol. The molecule has 1 N–H and O–H groups in total. The molecule has 0 aliphatic rings. The second-order valence-corrected chi connectivity index (χ2v) is 7.38. The highest BCUT2D eigenvalue weighted by molar-refractivity contribution is 7.98. The summed E-state index contributed by atoms with van der Waals surface area (Å²) < 4.78 is 5.39. The van der Waals surface area contributed by atoms with Gasteiger partial charge in [-0.05, 0) is 40.6 Å². The van der Waals surface area contributed by atoms with E-state index < -0.39 is 0 Å². The summed E-state index contributed by atoms with van der Waals surface area (Å²) in [4.78, 5) is 12.5. The molecule has 0 aliphatic carbocycles. The summed E-state index contributed by atoms with van der Waals surface area (Å²) in [6, 6.07) is 19.5. The van der Waals surface area contributed by atoms with Crippen LogP contribution in [0.4, 0.5) is 0 Å². The molecule has 26 heavy (non-hydrogen) atoms. The minimum absolute atomic E-state index is 0.111. The molecule has 0 spiro atoms. The second kappa shape index (κ2) is 8.97. The van der Waals surface area contributed by atoms with Crippen LogP contribution in [0.3, 0.4) is 0 Å². The molecule has 0 aromatic heterocycles. The predicted octanol–water partition coefficient (Wildman–Crippen LogP) is 5.17. The normalized spacial score (nSPS) is 10.7. The van der Waals surface area contributed by atoms with Crippen LogP contribution in [0.5, 0.6) is 5.75 Å². The maximum Gasteiger partial charge on any atom is 0.255 e. The van der Waals surface area contributed by atoms with Crippen LogP contribution in [0.25, 0.3) is 10.8 Å². The lowest BCUT2D eigenvalue weighted by atomic mass is 10.1. The van der Waals surface area contributed by atoms with Crippen LogP contribution in [-0.4, -0.2) is 25.3 Å². The maximum atomic E-state index is 12.5. The van der Waals surface area contributed by atoms with E-state index in [2.05, 4.69) is 5.32 Å². The van der Waals surface area contributed by atoms with E-state index in [0.717, 1.165) is 27.3 Å². The summed E-state index contributed by atoms with van der Waals surface area (Å²) in [5, 5.41) is 5.80. The third-order valence-electron chi connectivity index (χ3n) is 4.03. The highest BCUT2D eigenvalue weighted by atomic mass is 35.5. The van der Waals surface area contributed by atoms with Gasteiger partial charge in [-0.15, -0.1) is 0 Å². The molecule has 0 saturated carbocycles. The summed E-state index contributed by atoms with van der Waals surface area (Å²) in [6.07, 6.45) is 0. The van der Waals surface area contributed by atoms with Crippen LogP contribution in [-0.2, 0) is 5.75 Å². The van der Waals surface area contributed by atoms with Crippen molar-refractivity contribution in [2.75, 3.05) is 19.4 Å². The summed E-state index contributed by atoms with van der Waals surface area (Å²) in [7, 11) is 1.59. The molecule has 3 nitrogen and oxygen atoms in total. The van der Waals surface area contributed by atoms with Gasteiger partial charge in [0, 0.05) is 23.1 Å². The number of thioether (sulfide) groups is 1. The van der Waals surface area contributed by atoms with Crippen molar-refractivity contribution in [2.24, 2.45) is 0 Å². The zero-order valence-corrected chi connectivity index (χ0v) is 16.1. The van der Waals surface area contributed by atoms with Crippen LogP contribution >= 0.6 is 23.4 Å². The number of ether oxygens (including phenoxy) is 1. The van der Waals surface area contributed by atoms with Crippen LogP contribution < -0.4 is 10.1 Å². The minimum atomic E-state index is -0.111. The number of halogens is 1. The first-order chi connectivity index (χ1) is 12.7. The summed E-state index contributed by atoms with van der Waals surface area (Å²) in [5.41, 5.74) is 1.79. The standard InChI is InChI=1S/C21H20ClNO2S/c1-25-20-13-17-5-3-2-4-16(17)12-19(20)21(24)23-10-11-26-14-15-6-8-18(22)9-7-15/h2-9,12-13H,10-11,14H2,1H3,(H,23,24). The topological polar surface area (TPSA) is 38.3 Å². The largest absolute Gasteiger partial charge is 0.496 e. The monoisotopic (exact) mass is 385 g/mol. The lowest BCUT2D eigenvalue weighted by molar-refractivity contribution is 0.0953. The van der Waals surface area contributed by atoms with Gasteiger partial charge in [-0.25, -0.2) is 0 Å². The minimum Gasteiger partial charge on any atom is -0.496 e. The van der Waals surface area contributed by atoms with E-state index in [4.69, 9.17) is 16.3 Å². The molecule has 0 radical (unpaired) electrons. The predicted molar refractivity (Wildman–Crippen MR) is 110 cm³/mol. The van der Waals surface area contributed by atoms with Gasteiger partial charge in [-0.1, -0.05) is 48.0 Å². The van der Waals surface area contributed by atoms with Gasteiger partial charge in [0.1, 0.15) is 5.75 Å². The zero-order valence-electron chi connectivity index (χ0n) is 14.5. The van der Waals surface area contributed by atoms with Crippen molar-refractivity contribution in [1.82, 2.24) is 5.32 Å². The van der Waals surface area contributed by atoms with Gasteiger partial charge in [-0.3, -0.25) is 4.79 Å². The molecule has 0 atom stereocenters. The average Bonchev–Trinajstić information content (AvgIpc) is 2.68. The molecule has 0 heterocycles. The molecule has 0 saturated heterocycles. The van der Waals surface area contributed by atoms with Crippen LogP contribution in [0, 0.1) is 0 Å². The van der Waals surface area contributed by atoms with Crippen molar-refractivity contribution in [1.29, 1.82) is 0 Å². The Morgan fingerprint density at radius 1 is 1.08 bits per heavy atom. The van der Waals surface area contributed by atoms with Gasteiger partial charge < -0.3 is 10.1 Å². The molecule has 3 aromatic carbocycles. The molecule has 5 heteroatoms. The number of rotatable bonds is 7. The number of fused-ring (bicyclic) bond motifs is 1. The number of amides is 1. The van der Waals surface area contributed by atoms with E-state index in [1.807, 2.05) is 60.7 Å². The summed E-state index contributed by atoms with van der Waals surface area (Å²) >= 11 is 7.66. The Labute approximate surface area is 162 Å². The van der Waals surface area contributed by atoms with Crippen molar-refractivity contribution < 1.29 is 9.53 Å². The molecule has 1 amide bonds. The Kier molecular flexibility index (Phi) is 6.42. The molecule has 0 aliphatic heterocycles. The van der Waals surface area contributed by atoms with Crippen molar-refractivity contribution in [2.45, 2.75) is 5.75 Å². The van der Waals surface area contributed by atoms with Crippen LogP contribution in [0.1, 0.15) is 15.9 Å². The quantitative estimate of drug-likeness (QED) is 0.570. The van der Waals surface area contributed by atoms with Gasteiger partial charge in [0.15, 0.2) is 0 Å². The first-order valence-electron chi connectivity index (χ1n) is 8.34. The van der Waals surface area contributed by atoms with Gasteiger partial charge >= 0.3 is 0 Å². The smallest absolute Gasteiger partial charge is 0.255 e. The molecule has 3 aromatic rings. The molecule has 0 bridgehead atoms. The lowest BCUT2D eigenvalue weighted by Crippen LogP contribution is -2.26. The number of nitrogens with one attached hydrogen (secondary N) is 1. The number of hydrogen-bond donors (Lipinski definition) is 1. The zero-order chi connectivity index (χ0) is 18.4. The fourth-order valence-electron chi connectivity index (χ4n) is 2.67. The fraction of sp³-hybridized carbons (Fsp3) is 0.190. The van der Waals surface area contributed by atoms with Crippen molar-refractivity contribution in [3.63, 3.8) is 0 Å². The van der Waals surface area contributed by atoms with Crippen LogP contribution in [0.15, 0.2) is 60.7 Å². The van der Waals surface area contributed by atoms with Gasteiger partial charge in [0.05, 0.1) is 12.7 Å². The molecule has 0 unspecified atom stereocenters. The third kappa shape index (κ3) is 4.71. The highest BCUT2D eigenvalue weighted by Gasteiger charge is 2.13. The molecule has 134 valence electrons. The molecule has 0 fully saturated rings. The number of benzene rings is 3. The Morgan fingerprint density at radius 2 is 1.77 bits per heavy atom. The van der Waals surface area contributed by atoms with E-state index in [1.54, 1.807) is 18.9 Å². The van der Waals surface area contributed by atoms with E-state index in [-0.39, 0.29) is 5.91 Å². The maximum absolute atomic E-state index is 12.5. The first kappa shape index (κ1) is 18.6. The van der Waals surface area contributed by atoms with E-state index in [1.165, 1.54) is 5.56 Å².